The van der Waals surface area contributed by atoms with Crippen LogP contribution < -0.4 is 16.7 Å². The Hall–Kier alpha value is -11.9. The van der Waals surface area contributed by atoms with Crippen molar-refractivity contribution in [2.24, 2.45) is 5.89 Å². The molecule has 0 bridgehead atoms. The lowest BCUT2D eigenvalue weighted by molar-refractivity contribution is -0.138. The minimum atomic E-state index is -5.22. The fraction of sp³-hybridized carbons (Fsp3) is 0.378. The Morgan fingerprint density at radius 1 is 0.424 bits per heavy atom. The van der Waals surface area contributed by atoms with Crippen LogP contribution in [0.3, 0.4) is 0 Å². The number of hydrogen-bond donors (Lipinski definition) is 0. The molecule has 2 atom stereocenters. The summed E-state index contributed by atoms with van der Waals surface area (Å²) in [4.78, 5) is 99.7. The number of amides is 3. The minimum Gasteiger partial charge on any atom is -0.336 e. The summed E-state index contributed by atoms with van der Waals surface area (Å²) in [6, 6.07) is 20.1. The Morgan fingerprint density at radius 2 is 0.771 bits per heavy atom. The largest absolute Gasteiger partial charge is 0.416 e. The Bertz CT molecular complexity index is 8690. The molecule has 0 spiro atoms. The summed E-state index contributed by atoms with van der Waals surface area (Å²) in [6.07, 6.45) is -20.1. The van der Waals surface area contributed by atoms with E-state index < -0.39 is 336 Å². The van der Waals surface area contributed by atoms with Gasteiger partial charge in [0.25, 0.3) is 16.7 Å². The zero-order chi connectivity index (χ0) is 140. The summed E-state index contributed by atoms with van der Waals surface area (Å²) < 4.78 is 523. The van der Waals surface area contributed by atoms with Crippen molar-refractivity contribution in [2.45, 2.75) is 203 Å². The highest BCUT2D eigenvalue weighted by atomic mass is 32.2. The van der Waals surface area contributed by atoms with Crippen LogP contribution in [0, 0.1) is 30.3 Å². The molecule has 0 radical (unpaired) electrons. The zero-order valence-corrected chi connectivity index (χ0v) is 80.7. The van der Waals surface area contributed by atoms with Gasteiger partial charge in [-0.1, -0.05) is 229 Å². The van der Waals surface area contributed by atoms with Crippen LogP contribution in [-0.4, -0.2) is 154 Å². The molecule has 15 rings (SSSR count). The van der Waals surface area contributed by atoms with E-state index in [-0.39, 0.29) is 126 Å². The van der Waals surface area contributed by atoms with Crippen molar-refractivity contribution in [3.8, 4) is 33.4 Å². The molecule has 2 unspecified atom stereocenters. The summed E-state index contributed by atoms with van der Waals surface area (Å²) in [7, 11) is 0. The molecule has 0 aliphatic heterocycles. The number of fused-ring (bicyclic) bond motifs is 3. The predicted molar refractivity (Wildman–Crippen MR) is 544 cm³/mol. The van der Waals surface area contributed by atoms with Crippen LogP contribution in [0.2, 0.25) is 0 Å². The van der Waals surface area contributed by atoms with E-state index in [1.807, 2.05) is 0 Å². The van der Waals surface area contributed by atoms with Crippen molar-refractivity contribution < 1.29 is 123 Å². The monoisotopic (exact) mass is 2080 g/mol. The van der Waals surface area contributed by atoms with Gasteiger partial charge >= 0.3 is 18.5 Å². The average molecular weight is 2080 g/mol. The fourth-order valence-corrected chi connectivity index (χ4v) is 16.8. The second-order valence-electron chi connectivity index (χ2n) is 31.5. The normalized spacial score (nSPS) is 20.6. The molecule has 0 fully saturated rings. The molecule has 9 aromatic carbocycles. The molecule has 18 nitrogen and oxygen atoms in total. The molecule has 3 aliphatic rings. The first kappa shape index (κ1) is 66.3. The number of nitrogens with zero attached hydrogens (tertiary/aromatic N) is 12. The molecular formula is C111H120F12N12O6S3. The summed E-state index contributed by atoms with van der Waals surface area (Å²) in [5.41, 5.74) is -20.3. The standard InChI is InChI=1S/3C37H40F4N4O2S/c1-4-43(5-2)18-19-44(22-26-6-10-28(11-7-26)29-12-14-30(15-13-29)37(39,40)41)34(46)23-45-33-21-25(3)20-32(33)35(47)42-36(45)48-24-27-8-16-31(38)17-9-27;1-4-43(5-2)21-22-44(25(3)27-11-13-28(14-12-27)29-15-17-30(18-16-29)37(39,40)41)34(46)23-45-33-8-6-7-32(33)35(47)42-36(45)48-24-26-9-19-31(38)20-10-26;1-4-43(5-2)19-20-44(22-26-9-13-28(14-10-26)29-15-18-32(25(3)21-29)37(39,40)41)34(46)23-45-33-8-6-7-31(33)35(47)42-36(45)48-24-27-11-16-30(38)17-12-27/h6-17,25H,4-5,18-24H2,1-3H3;9-20,25H,4-8,21-24H2,1-3H3;9-18,21H,4-8,19-20,22-24H2,1-3H3/i4D2,5D2,20D2,21D2,22D2,23D2,24D2,25D;4D2,5D2,23D2,24D2,25D;4D2,5D2,9D,10D,13D,14D,15D,18D,21D,22D2,23D2,24D2. The van der Waals surface area contributed by atoms with Crippen LogP contribution in [0.1, 0.15) is 220 Å². The highest BCUT2D eigenvalue weighted by Crippen LogP contribution is 2.39. The number of benzene rings is 9. The van der Waals surface area contributed by atoms with Crippen LogP contribution in [-0.2, 0) is 121 Å². The number of hydrogen-bond acceptors (Lipinski definition) is 15. The summed E-state index contributed by atoms with van der Waals surface area (Å²) in [5, 5.41) is -2.33. The van der Waals surface area contributed by atoms with Gasteiger partial charge in [0, 0.05) is 135 Å². The van der Waals surface area contributed by atoms with Crippen molar-refractivity contribution in [3.05, 3.63) is 350 Å². The summed E-state index contributed by atoms with van der Waals surface area (Å²) in [6.45, 7) is -28.5. The van der Waals surface area contributed by atoms with Gasteiger partial charge in [0.2, 0.25) is 17.7 Å². The van der Waals surface area contributed by atoms with Gasteiger partial charge in [-0.3, -0.25) is 28.8 Å². The van der Waals surface area contributed by atoms with Crippen molar-refractivity contribution in [1.82, 2.24) is 58.1 Å². The van der Waals surface area contributed by atoms with Crippen molar-refractivity contribution in [2.75, 3.05) is 78.2 Å². The molecule has 144 heavy (non-hydrogen) atoms. The van der Waals surface area contributed by atoms with E-state index in [4.69, 9.17) is 41.1 Å². The first-order valence-corrected chi connectivity index (χ1v) is 46.5. The molecule has 0 N–H and O–H groups in total. The van der Waals surface area contributed by atoms with Crippen molar-refractivity contribution in [3.63, 3.8) is 0 Å². The second kappa shape index (κ2) is 50.3. The third kappa shape index (κ3) is 29.1. The van der Waals surface area contributed by atoms with Gasteiger partial charge in [-0.25, -0.2) is 13.2 Å². The molecule has 3 heterocycles. The minimum absolute atomic E-state index is 0.0352. The van der Waals surface area contributed by atoms with E-state index in [0.29, 0.717) is 43.7 Å². The number of rotatable bonds is 39. The van der Waals surface area contributed by atoms with E-state index in [1.54, 1.807) is 0 Å². The van der Waals surface area contributed by atoms with Gasteiger partial charge in [-0.2, -0.15) is 54.5 Å². The third-order valence-electron chi connectivity index (χ3n) is 22.2. The van der Waals surface area contributed by atoms with Gasteiger partial charge in [0.15, 0.2) is 15.5 Å². The maximum absolute atomic E-state index is 15.0. The Labute approximate surface area is 902 Å². The molecule has 33 heteroatoms. The summed E-state index contributed by atoms with van der Waals surface area (Å²) >= 11 is 0.417. The number of carbonyl (C=O) groups excluding carboxylic acids is 3. The van der Waals surface area contributed by atoms with Gasteiger partial charge in [0.05, 0.1) is 47.4 Å². The first-order valence-electron chi connectivity index (χ1n) is 64.6. The van der Waals surface area contributed by atoms with E-state index >= 15 is 9.59 Å². The Balaban J connectivity index is 0.000000225. The van der Waals surface area contributed by atoms with Crippen molar-refractivity contribution >= 4 is 53.0 Å². The molecule has 12 aromatic rings. The maximum Gasteiger partial charge on any atom is 0.416 e. The zero-order valence-electron chi connectivity index (χ0n) is 119. The predicted octanol–water partition coefficient (Wildman–Crippen LogP) is 22.8. The topological polar surface area (TPSA) is 175 Å². The lowest BCUT2D eigenvalue weighted by Gasteiger charge is -2.33. The van der Waals surface area contributed by atoms with Gasteiger partial charge < -0.3 is 43.1 Å². The SMILES string of the molecule is [2H]C([2H])(Sc1nc(=O)c2c(n1C([2H])([2H])C(=O)N(CCN(C([2H])([2H])C)C([2H])([2H])C)C([2H])(C)c1ccc(-c3ccc(C(F)(F)F)cc3)cc1)CCC2)c1ccc(F)cc1.[2H]C([2H])(Sc1nc(=O)c2c(n1C([2H])([2H])C(=O)N(CCN(C([2H])([2H])C)C([2H])([2H])C)C([2H])([2H])c1ccc(-c3ccc(C(F)(F)F)cc3)cc1)C([2H])([2H])C([2H])(C)C2([2H])[2H])c1ccc(F)cc1.[2H]c1c([2H])c(C([2H])([2H])N(CCN(C([2H])([2H])C)C([2H])([2H])C)C(=O)C([2H])([2H])n2c(SC([2H])([2H])c3ccc(F)cc3)nc(=O)c3c2CCC3)c([2H])c([2H])c1-c1c([2H])c([2H])c(C(F)(F)F)c(C)c1[2H]. The van der Waals surface area contributed by atoms with E-state index in [2.05, 4.69) is 15.0 Å². The second-order valence-corrected chi connectivity index (χ2v) is 33.8. The molecule has 762 valence electrons. The first-order chi connectivity index (χ1) is 84.1. The quantitative estimate of drug-likeness (QED) is 0.0202. The van der Waals surface area contributed by atoms with Crippen LogP contribution in [0.4, 0.5) is 52.7 Å². The number of thioether (sulfide) groups is 3. The molecule has 3 aromatic heterocycles. The molecule has 0 saturated heterocycles. The van der Waals surface area contributed by atoms with E-state index in [0.717, 1.165) is 179 Å². The van der Waals surface area contributed by atoms with Crippen molar-refractivity contribution in [1.29, 1.82) is 0 Å². The van der Waals surface area contributed by atoms with E-state index in [9.17, 15) is 86.9 Å². The van der Waals surface area contributed by atoms with Crippen LogP contribution >= 0.6 is 35.3 Å². The molecule has 3 amide bonds. The molecular weight excluding hydrogens is 1920 g/mol. The number of carbonyl (C=O) groups is 3. The molecule has 0 saturated carbocycles. The van der Waals surface area contributed by atoms with Crippen LogP contribution in [0.25, 0.3) is 33.4 Å². The summed E-state index contributed by atoms with van der Waals surface area (Å²) in [5.74, 6) is -10.3. The maximum atomic E-state index is 15.0. The van der Waals surface area contributed by atoms with Gasteiger partial charge in [-0.15, -0.1) is 0 Å². The molecule has 3 aliphatic carbocycles. The number of halogens is 12. The Morgan fingerprint density at radius 3 is 1.16 bits per heavy atom. The van der Waals surface area contributed by atoms with E-state index in [1.165, 1.54) is 67.6 Å². The van der Waals surface area contributed by atoms with Crippen LogP contribution in [0.5, 0.6) is 0 Å². The third-order valence-corrected chi connectivity index (χ3v) is 24.6. The highest BCUT2D eigenvalue weighted by molar-refractivity contribution is 7.98. The highest BCUT2D eigenvalue weighted by Gasteiger charge is 2.36. The lowest BCUT2D eigenvalue weighted by atomic mass is 9.98. The number of aromatic nitrogens is 6. The fourth-order valence-electron chi connectivity index (χ4n) is 14.7. The van der Waals surface area contributed by atoms with Crippen LogP contribution in [0.15, 0.2) is 242 Å². The smallest absolute Gasteiger partial charge is 0.336 e. The number of alkyl halides is 9. The lowest BCUT2D eigenvalue weighted by Crippen LogP contribution is -2.42. The number of likely N-dealkylation sites (N-methyl/N-ethyl adjacent to an activating group) is 3. The Kier molecular flexibility index (Phi) is 23.1. The van der Waals surface area contributed by atoms with Gasteiger partial charge in [0.1, 0.15) is 36.9 Å². The van der Waals surface area contributed by atoms with Gasteiger partial charge in [-0.05, 0) is 249 Å². The average Bonchev–Trinajstić information content (AvgIpc) is 1.51.